The molecule has 0 atom stereocenters. The summed E-state index contributed by atoms with van der Waals surface area (Å²) in [5.41, 5.74) is -0.113. The average Bonchev–Trinajstić information content (AvgIpc) is 2.74. The molecule has 0 saturated heterocycles. The fraction of sp³-hybridized carbons (Fsp3) is 0.357. The molecule has 0 spiro atoms. The topological polar surface area (TPSA) is 80.9 Å². The Balaban J connectivity index is 2.59. The molecule has 1 aromatic heterocycles. The van der Waals surface area contributed by atoms with Gasteiger partial charge in [0.25, 0.3) is 0 Å². The molecule has 0 bridgehead atoms. The number of methoxy groups -OCH3 is 1. The van der Waals surface area contributed by atoms with Gasteiger partial charge < -0.3 is 19.5 Å². The maximum atomic E-state index is 12.3. The van der Waals surface area contributed by atoms with Crippen LogP contribution in [0.5, 0.6) is 5.75 Å². The van der Waals surface area contributed by atoms with E-state index in [9.17, 15) is 14.8 Å². The third-order valence-electron chi connectivity index (χ3n) is 2.88. The molecule has 0 unspecified atom stereocenters. The molecule has 0 aliphatic rings. The van der Waals surface area contributed by atoms with E-state index in [0.29, 0.717) is 16.7 Å². The Morgan fingerprint density at radius 2 is 1.90 bits per heavy atom. The number of ether oxygens (including phenoxy) is 2. The zero-order chi connectivity index (χ0) is 15.8. The van der Waals surface area contributed by atoms with E-state index < -0.39 is 18.8 Å². The number of carbonyl (C=O) groups excluding carboxylic acids is 1. The van der Waals surface area contributed by atoms with Crippen LogP contribution in [0.4, 0.5) is 4.79 Å². The first-order valence-electron chi connectivity index (χ1n) is 6.52. The third kappa shape index (κ3) is 3.20. The summed E-state index contributed by atoms with van der Waals surface area (Å²) in [5.74, 6) is 0.614. The molecule has 0 amide bonds. The fourth-order valence-corrected chi connectivity index (χ4v) is 2.04. The summed E-state index contributed by atoms with van der Waals surface area (Å²) < 4.78 is 11.6. The van der Waals surface area contributed by atoms with Crippen LogP contribution in [0, 0.1) is 0 Å². The molecule has 0 saturated carbocycles. The van der Waals surface area contributed by atoms with Gasteiger partial charge in [0.15, 0.2) is 0 Å². The zero-order valence-electron chi connectivity index (χ0n) is 12.5. The lowest BCUT2D eigenvalue weighted by Crippen LogP contribution is -2.40. The summed E-state index contributed by atoms with van der Waals surface area (Å²) in [5, 5.41) is 19.6. The zero-order valence-corrected chi connectivity index (χ0v) is 12.5. The lowest BCUT2D eigenvalue weighted by molar-refractivity contribution is 0.0547. The van der Waals surface area contributed by atoms with Crippen LogP contribution in [0.15, 0.2) is 24.3 Å². The van der Waals surface area contributed by atoms with E-state index in [1.165, 1.54) is 13.2 Å². The third-order valence-corrected chi connectivity index (χ3v) is 2.88. The van der Waals surface area contributed by atoms with Crippen molar-refractivity contribution < 1.29 is 24.3 Å². The second-order valence-corrected chi connectivity index (χ2v) is 5.68. The van der Waals surface area contributed by atoms with Crippen LogP contribution in [-0.2, 0) is 4.74 Å². The molecule has 1 heterocycles. The first kappa shape index (κ1) is 15.4. The number of benzene rings is 1. The highest BCUT2D eigenvalue weighted by atomic mass is 16.6. The van der Waals surface area contributed by atoms with Gasteiger partial charge in [-0.15, -0.1) is 0 Å². The molecule has 21 heavy (non-hydrogen) atoms. The van der Waals surface area contributed by atoms with Crippen molar-refractivity contribution in [3.63, 3.8) is 0 Å². The number of aromatic nitrogens is 1. The quantitative estimate of drug-likeness (QED) is 0.810. The largest absolute Gasteiger partial charge is 0.506 e. The van der Waals surface area contributed by atoms with Crippen molar-refractivity contribution in [2.45, 2.75) is 26.4 Å². The van der Waals surface area contributed by atoms with Gasteiger partial charge in [-0.05, 0) is 45.0 Å². The molecule has 7 heteroatoms. The van der Waals surface area contributed by atoms with E-state index >= 15 is 0 Å². The maximum absolute atomic E-state index is 12.3. The molecule has 1 aromatic carbocycles. The van der Waals surface area contributed by atoms with Crippen LogP contribution >= 0.6 is 0 Å². The van der Waals surface area contributed by atoms with Crippen LogP contribution in [0.1, 0.15) is 20.8 Å². The minimum atomic E-state index is -1.78. The van der Waals surface area contributed by atoms with Crippen molar-refractivity contribution in [2.75, 3.05) is 7.11 Å². The molecule has 112 valence electrons. The van der Waals surface area contributed by atoms with Crippen molar-refractivity contribution in [1.82, 2.24) is 4.57 Å². The summed E-state index contributed by atoms with van der Waals surface area (Å²) in [6.45, 7) is 5.23. The predicted molar refractivity (Wildman–Crippen MR) is 79.9 cm³/mol. The number of fused-ring (bicyclic) bond motifs is 1. The highest BCUT2D eigenvalue weighted by Crippen LogP contribution is 2.22. The lowest BCUT2D eigenvalue weighted by Gasteiger charge is -2.21. The molecule has 2 aromatic rings. The molecular weight excluding hydrogens is 273 g/mol. The van der Waals surface area contributed by atoms with E-state index in [1.54, 1.807) is 39.0 Å². The summed E-state index contributed by atoms with van der Waals surface area (Å²) in [6, 6.07) is 6.59. The smallest absolute Gasteiger partial charge is 0.497 e. The van der Waals surface area contributed by atoms with Crippen LogP contribution in [-0.4, -0.2) is 40.5 Å². The van der Waals surface area contributed by atoms with E-state index in [4.69, 9.17) is 9.47 Å². The van der Waals surface area contributed by atoms with Gasteiger partial charge >= 0.3 is 13.2 Å². The number of nitrogens with zero attached hydrogens (tertiary/aromatic N) is 1. The average molecular weight is 291 g/mol. The minimum absolute atomic E-state index is 0.0486. The van der Waals surface area contributed by atoms with Crippen molar-refractivity contribution in [2.24, 2.45) is 0 Å². The van der Waals surface area contributed by atoms with Crippen molar-refractivity contribution in [3.8, 4) is 5.75 Å². The van der Waals surface area contributed by atoms with Gasteiger partial charge in [-0.1, -0.05) is 0 Å². The summed E-state index contributed by atoms with van der Waals surface area (Å²) >= 11 is 0. The Morgan fingerprint density at radius 1 is 1.24 bits per heavy atom. The molecule has 0 radical (unpaired) electrons. The molecule has 6 nitrogen and oxygen atoms in total. The second kappa shape index (κ2) is 5.42. The molecule has 2 rings (SSSR count). The number of rotatable bonds is 2. The van der Waals surface area contributed by atoms with Crippen molar-refractivity contribution in [1.29, 1.82) is 0 Å². The summed E-state index contributed by atoms with van der Waals surface area (Å²) in [6.07, 6.45) is -0.661. The normalized spacial score (nSPS) is 11.5. The lowest BCUT2D eigenvalue weighted by atomic mass is 9.86. The Morgan fingerprint density at radius 3 is 2.43 bits per heavy atom. The van der Waals surface area contributed by atoms with Gasteiger partial charge in [-0.3, -0.25) is 4.57 Å². The van der Waals surface area contributed by atoms with E-state index in [1.807, 2.05) is 0 Å². The highest BCUT2D eigenvalue weighted by Gasteiger charge is 2.27. The van der Waals surface area contributed by atoms with Gasteiger partial charge in [0.1, 0.15) is 11.4 Å². The standard InChI is InChI=1S/C14H18BNO5/c1-14(2,3)21-13(17)16-11-6-5-10(20-4)7-9(11)8-12(16)15(18)19/h5-8,18-19H,1-4H3. The molecule has 2 N–H and O–H groups in total. The molecule has 0 fully saturated rings. The summed E-state index contributed by atoms with van der Waals surface area (Å²) in [7, 11) is -0.246. The van der Waals surface area contributed by atoms with Gasteiger partial charge in [-0.25, -0.2) is 4.79 Å². The number of carbonyl (C=O) groups is 1. The second-order valence-electron chi connectivity index (χ2n) is 5.68. The maximum Gasteiger partial charge on any atom is 0.506 e. The number of hydrogen-bond acceptors (Lipinski definition) is 5. The Hall–Kier alpha value is -1.99. The van der Waals surface area contributed by atoms with Gasteiger partial charge in [-0.2, -0.15) is 0 Å². The Kier molecular flexibility index (Phi) is 3.98. The van der Waals surface area contributed by atoms with Crippen molar-refractivity contribution in [3.05, 3.63) is 24.3 Å². The summed E-state index contributed by atoms with van der Waals surface area (Å²) in [4.78, 5) is 12.3. The Bertz CT molecular complexity index is 672. The minimum Gasteiger partial charge on any atom is -0.497 e. The highest BCUT2D eigenvalue weighted by molar-refractivity contribution is 6.59. The predicted octanol–water partition coefficient (Wildman–Crippen LogP) is 1.11. The van der Waals surface area contributed by atoms with Gasteiger partial charge in [0.2, 0.25) is 0 Å². The first-order chi connectivity index (χ1) is 9.73. The van der Waals surface area contributed by atoms with E-state index in [-0.39, 0.29) is 5.59 Å². The van der Waals surface area contributed by atoms with E-state index in [0.717, 1.165) is 4.57 Å². The molecular formula is C14H18BNO5. The van der Waals surface area contributed by atoms with E-state index in [2.05, 4.69) is 0 Å². The molecule has 0 aliphatic heterocycles. The number of hydrogen-bond donors (Lipinski definition) is 2. The molecule has 0 aliphatic carbocycles. The fourth-order valence-electron chi connectivity index (χ4n) is 2.04. The van der Waals surface area contributed by atoms with Crippen LogP contribution < -0.4 is 10.3 Å². The Labute approximate surface area is 123 Å². The SMILES string of the molecule is COc1ccc2c(c1)cc(B(O)O)n2C(=O)OC(C)(C)C. The monoisotopic (exact) mass is 291 g/mol. The van der Waals surface area contributed by atoms with Gasteiger partial charge in [0.05, 0.1) is 18.2 Å². The van der Waals surface area contributed by atoms with Crippen LogP contribution in [0.2, 0.25) is 0 Å². The van der Waals surface area contributed by atoms with Gasteiger partial charge in [0, 0.05) is 5.39 Å². The van der Waals surface area contributed by atoms with Crippen LogP contribution in [0.3, 0.4) is 0 Å². The first-order valence-corrected chi connectivity index (χ1v) is 6.52. The van der Waals surface area contributed by atoms with Crippen molar-refractivity contribution >= 4 is 29.7 Å². The van der Waals surface area contributed by atoms with Crippen LogP contribution in [0.25, 0.3) is 10.9 Å².